The quantitative estimate of drug-likeness (QED) is 0.682. The van der Waals surface area contributed by atoms with Crippen LogP contribution in [0, 0.1) is 23.7 Å². The van der Waals surface area contributed by atoms with Gasteiger partial charge in [0.25, 0.3) is 5.78 Å². The topological polar surface area (TPSA) is 17.1 Å². The zero-order valence-corrected chi connectivity index (χ0v) is 11.6. The second-order valence-electron chi connectivity index (χ2n) is 3.70. The Kier molecular flexibility index (Phi) is 4.56. The molecular formula is C17H9BrO. The van der Waals surface area contributed by atoms with Crippen LogP contribution >= 0.6 is 15.9 Å². The van der Waals surface area contributed by atoms with Crippen molar-refractivity contribution in [3.8, 4) is 23.7 Å². The Bertz CT molecular complexity index is 692. The highest BCUT2D eigenvalue weighted by Gasteiger charge is 1.90. The number of ketones is 1. The van der Waals surface area contributed by atoms with Gasteiger partial charge in [-0.15, -0.1) is 0 Å². The Hall–Kier alpha value is -2.29. The minimum absolute atomic E-state index is 0.383. The molecule has 0 heterocycles. The first-order valence-corrected chi connectivity index (χ1v) is 6.42. The van der Waals surface area contributed by atoms with Gasteiger partial charge in [-0.3, -0.25) is 4.79 Å². The molecule has 0 saturated carbocycles. The van der Waals surface area contributed by atoms with E-state index in [4.69, 9.17) is 0 Å². The smallest absolute Gasteiger partial charge is 0.270 e. The highest BCUT2D eigenvalue weighted by atomic mass is 79.9. The van der Waals surface area contributed by atoms with Gasteiger partial charge in [-0.2, -0.15) is 0 Å². The number of carbonyl (C=O) groups excluding carboxylic acids is 1. The Morgan fingerprint density at radius 1 is 0.789 bits per heavy atom. The van der Waals surface area contributed by atoms with Crippen LogP contribution in [0.5, 0.6) is 0 Å². The molecule has 0 unspecified atom stereocenters. The van der Waals surface area contributed by atoms with Crippen LogP contribution in [0.25, 0.3) is 0 Å². The molecule has 0 aliphatic rings. The minimum Gasteiger partial charge on any atom is -0.270 e. The summed E-state index contributed by atoms with van der Waals surface area (Å²) < 4.78 is 0.980. The van der Waals surface area contributed by atoms with E-state index in [1.165, 1.54) is 0 Å². The molecule has 2 heteroatoms. The van der Waals surface area contributed by atoms with E-state index in [0.717, 1.165) is 15.6 Å². The van der Waals surface area contributed by atoms with Crippen molar-refractivity contribution < 1.29 is 4.79 Å². The number of Topliss-reactive ketones (excluding diaryl/α,β-unsaturated/α-hetero) is 1. The summed E-state index contributed by atoms with van der Waals surface area (Å²) in [5.41, 5.74) is 1.60. The van der Waals surface area contributed by atoms with Gasteiger partial charge >= 0.3 is 0 Å². The van der Waals surface area contributed by atoms with E-state index in [1.807, 2.05) is 54.6 Å². The average molecular weight is 309 g/mol. The lowest BCUT2D eigenvalue weighted by Crippen LogP contribution is -1.87. The molecule has 2 aromatic carbocycles. The van der Waals surface area contributed by atoms with Crippen molar-refractivity contribution in [1.29, 1.82) is 0 Å². The van der Waals surface area contributed by atoms with Gasteiger partial charge in [0.05, 0.1) is 0 Å². The van der Waals surface area contributed by atoms with Gasteiger partial charge in [0, 0.05) is 15.6 Å². The lowest BCUT2D eigenvalue weighted by Gasteiger charge is -1.89. The summed E-state index contributed by atoms with van der Waals surface area (Å²) in [6.07, 6.45) is 0. The molecule has 0 aliphatic heterocycles. The molecule has 0 spiro atoms. The predicted molar refractivity (Wildman–Crippen MR) is 79.3 cm³/mol. The molecule has 90 valence electrons. The van der Waals surface area contributed by atoms with Gasteiger partial charge in [0.1, 0.15) is 0 Å². The van der Waals surface area contributed by atoms with Gasteiger partial charge in [0.15, 0.2) is 0 Å². The van der Waals surface area contributed by atoms with Crippen LogP contribution in [-0.2, 0) is 4.79 Å². The maximum atomic E-state index is 11.5. The first-order chi connectivity index (χ1) is 9.24. The number of halogens is 1. The predicted octanol–water partition coefficient (Wildman–Crippen LogP) is 3.42. The van der Waals surface area contributed by atoms with E-state index in [-0.39, 0.29) is 5.78 Å². The van der Waals surface area contributed by atoms with Crippen molar-refractivity contribution in [1.82, 2.24) is 0 Å². The molecular weight excluding hydrogens is 300 g/mol. The van der Waals surface area contributed by atoms with Crippen LogP contribution in [0.15, 0.2) is 59.1 Å². The lowest BCUT2D eigenvalue weighted by molar-refractivity contribution is -0.108. The van der Waals surface area contributed by atoms with E-state index < -0.39 is 0 Å². The maximum absolute atomic E-state index is 11.5. The fourth-order valence-corrected chi connectivity index (χ4v) is 1.61. The van der Waals surface area contributed by atoms with Gasteiger partial charge in [0.2, 0.25) is 0 Å². The summed E-state index contributed by atoms with van der Waals surface area (Å²) in [4.78, 5) is 11.5. The third-order valence-electron chi connectivity index (χ3n) is 2.26. The molecule has 0 aromatic heterocycles. The maximum Gasteiger partial charge on any atom is 0.279 e. The molecule has 2 rings (SSSR count). The fraction of sp³-hybridized carbons (Fsp3) is 0. The lowest BCUT2D eigenvalue weighted by atomic mass is 10.2. The largest absolute Gasteiger partial charge is 0.279 e. The molecule has 0 radical (unpaired) electrons. The average Bonchev–Trinajstić information content (AvgIpc) is 2.45. The fourth-order valence-electron chi connectivity index (χ4n) is 1.34. The van der Waals surface area contributed by atoms with Crippen LogP contribution in [-0.4, -0.2) is 5.78 Å². The van der Waals surface area contributed by atoms with Crippen molar-refractivity contribution in [3.63, 3.8) is 0 Å². The van der Waals surface area contributed by atoms with Crippen LogP contribution in [0.1, 0.15) is 11.1 Å². The van der Waals surface area contributed by atoms with Crippen LogP contribution in [0.2, 0.25) is 0 Å². The van der Waals surface area contributed by atoms with Gasteiger partial charge < -0.3 is 0 Å². The summed E-state index contributed by atoms with van der Waals surface area (Å²) in [5, 5.41) is 0. The standard InChI is InChI=1S/C17H9BrO/c18-16-10-6-15(7-11-16)9-13-17(19)12-8-14-4-2-1-3-5-14/h1-7,10-11H. The van der Waals surface area contributed by atoms with E-state index in [9.17, 15) is 4.79 Å². The molecule has 0 aliphatic carbocycles. The van der Waals surface area contributed by atoms with Crippen LogP contribution in [0.3, 0.4) is 0 Å². The molecule has 2 aromatic rings. The van der Waals surface area contributed by atoms with Crippen molar-refractivity contribution in [2.75, 3.05) is 0 Å². The second kappa shape index (κ2) is 6.59. The molecule has 0 atom stereocenters. The highest BCUT2D eigenvalue weighted by Crippen LogP contribution is 2.09. The Morgan fingerprint density at radius 2 is 1.32 bits per heavy atom. The molecule has 0 N–H and O–H groups in total. The van der Waals surface area contributed by atoms with Crippen molar-refractivity contribution >= 4 is 21.7 Å². The van der Waals surface area contributed by atoms with Crippen molar-refractivity contribution in [3.05, 3.63) is 70.2 Å². The Balaban J connectivity index is 2.07. The van der Waals surface area contributed by atoms with Crippen molar-refractivity contribution in [2.24, 2.45) is 0 Å². The highest BCUT2D eigenvalue weighted by molar-refractivity contribution is 9.10. The monoisotopic (exact) mass is 308 g/mol. The molecule has 0 saturated heterocycles. The summed E-state index contributed by atoms with van der Waals surface area (Å²) in [6.45, 7) is 0. The first-order valence-electron chi connectivity index (χ1n) is 5.63. The number of hydrogen-bond donors (Lipinski definition) is 0. The van der Waals surface area contributed by atoms with E-state index in [1.54, 1.807) is 0 Å². The number of rotatable bonds is 0. The van der Waals surface area contributed by atoms with E-state index in [2.05, 4.69) is 39.6 Å². The molecule has 1 nitrogen and oxygen atoms in total. The Labute approximate surface area is 120 Å². The Morgan fingerprint density at radius 3 is 1.89 bits per heavy atom. The number of benzene rings is 2. The first kappa shape index (κ1) is 13.1. The van der Waals surface area contributed by atoms with E-state index in [0.29, 0.717) is 0 Å². The second-order valence-corrected chi connectivity index (χ2v) is 4.62. The van der Waals surface area contributed by atoms with Crippen LogP contribution in [0.4, 0.5) is 0 Å². The van der Waals surface area contributed by atoms with Gasteiger partial charge in [-0.05, 0) is 48.2 Å². The van der Waals surface area contributed by atoms with E-state index >= 15 is 0 Å². The third kappa shape index (κ3) is 4.47. The van der Waals surface area contributed by atoms with Crippen LogP contribution < -0.4 is 0 Å². The number of carbonyl (C=O) groups is 1. The normalized spacial score (nSPS) is 8.68. The summed E-state index contributed by atoms with van der Waals surface area (Å²) in [6, 6.07) is 16.8. The molecule has 0 fully saturated rings. The molecule has 19 heavy (non-hydrogen) atoms. The van der Waals surface area contributed by atoms with Crippen molar-refractivity contribution in [2.45, 2.75) is 0 Å². The summed E-state index contributed by atoms with van der Waals surface area (Å²) in [5.74, 6) is 10.2. The minimum atomic E-state index is -0.383. The zero-order chi connectivity index (χ0) is 13.5. The number of hydrogen-bond acceptors (Lipinski definition) is 1. The zero-order valence-electron chi connectivity index (χ0n) is 9.98. The summed E-state index contributed by atoms with van der Waals surface area (Å²) in [7, 11) is 0. The molecule has 0 amide bonds. The third-order valence-corrected chi connectivity index (χ3v) is 2.79. The SMILES string of the molecule is O=C(C#Cc1ccccc1)C#Cc1ccc(Br)cc1. The van der Waals surface area contributed by atoms with Gasteiger partial charge in [-0.1, -0.05) is 46.0 Å². The van der Waals surface area contributed by atoms with Gasteiger partial charge in [-0.25, -0.2) is 0 Å². The molecule has 0 bridgehead atoms. The summed E-state index contributed by atoms with van der Waals surface area (Å²) >= 11 is 3.34.